The second kappa shape index (κ2) is 4.49. The number of nitrogens with two attached hydrogens (primary N) is 1. The molecule has 82 valence electrons. The van der Waals surface area contributed by atoms with Crippen molar-refractivity contribution in [1.82, 2.24) is 0 Å². The van der Waals surface area contributed by atoms with Gasteiger partial charge in [-0.2, -0.15) is 0 Å². The zero-order valence-electron chi connectivity index (χ0n) is 8.25. The molecule has 1 nitrogen and oxygen atoms in total. The minimum atomic E-state index is -0.535. The lowest BCUT2D eigenvalue weighted by molar-refractivity contribution is 0.565. The van der Waals surface area contributed by atoms with Crippen molar-refractivity contribution in [1.29, 1.82) is 0 Å². The molecule has 1 aliphatic carbocycles. The van der Waals surface area contributed by atoms with Crippen LogP contribution in [0, 0.1) is 11.6 Å². The fourth-order valence-electron chi connectivity index (χ4n) is 1.83. The van der Waals surface area contributed by atoms with Gasteiger partial charge in [-0.05, 0) is 25.0 Å². The first-order chi connectivity index (χ1) is 7.16. The molecule has 1 aliphatic rings. The van der Waals surface area contributed by atoms with E-state index in [-0.39, 0.29) is 11.3 Å². The molecule has 0 amide bonds. The van der Waals surface area contributed by atoms with Gasteiger partial charge in [0.15, 0.2) is 0 Å². The number of thioether (sulfide) groups is 1. The van der Waals surface area contributed by atoms with E-state index in [2.05, 4.69) is 0 Å². The lowest BCUT2D eigenvalue weighted by atomic mass is 10.3. The molecule has 2 atom stereocenters. The van der Waals surface area contributed by atoms with Crippen molar-refractivity contribution in [2.24, 2.45) is 5.73 Å². The minimum absolute atomic E-state index is 0.138. The third kappa shape index (κ3) is 2.49. The van der Waals surface area contributed by atoms with Gasteiger partial charge in [0.2, 0.25) is 0 Å². The molecular formula is C11H13F2NS. The summed E-state index contributed by atoms with van der Waals surface area (Å²) in [6, 6.07) is 3.83. The molecule has 0 radical (unpaired) electrons. The third-order valence-electron chi connectivity index (χ3n) is 2.68. The van der Waals surface area contributed by atoms with Crippen LogP contribution in [0.5, 0.6) is 0 Å². The van der Waals surface area contributed by atoms with E-state index in [0.717, 1.165) is 25.3 Å². The van der Waals surface area contributed by atoms with Gasteiger partial charge in [-0.15, -0.1) is 11.8 Å². The number of benzene rings is 1. The highest BCUT2D eigenvalue weighted by atomic mass is 32.2. The maximum Gasteiger partial charge on any atom is 0.139 e. The van der Waals surface area contributed by atoms with Gasteiger partial charge in [0, 0.05) is 22.3 Å². The molecule has 0 aromatic heterocycles. The first-order valence-electron chi connectivity index (χ1n) is 5.04. The zero-order chi connectivity index (χ0) is 10.8. The van der Waals surface area contributed by atoms with Gasteiger partial charge in [0.05, 0.1) is 0 Å². The largest absolute Gasteiger partial charge is 0.327 e. The smallest absolute Gasteiger partial charge is 0.139 e. The van der Waals surface area contributed by atoms with Crippen molar-refractivity contribution >= 4 is 11.8 Å². The lowest BCUT2D eigenvalue weighted by Crippen LogP contribution is -2.26. The summed E-state index contributed by atoms with van der Waals surface area (Å²) >= 11 is 1.43. The predicted octanol–water partition coefficient (Wildman–Crippen LogP) is 2.94. The van der Waals surface area contributed by atoms with Crippen molar-refractivity contribution in [3.8, 4) is 0 Å². The Hall–Kier alpha value is -0.610. The summed E-state index contributed by atoms with van der Waals surface area (Å²) in [6.07, 6.45) is 3.12. The van der Waals surface area contributed by atoms with E-state index in [9.17, 15) is 8.78 Å². The molecule has 4 heteroatoms. The highest BCUT2D eigenvalue weighted by Gasteiger charge is 2.25. The molecule has 1 aromatic carbocycles. The van der Waals surface area contributed by atoms with Crippen molar-refractivity contribution < 1.29 is 8.78 Å². The molecule has 1 aromatic rings. The van der Waals surface area contributed by atoms with Gasteiger partial charge in [-0.1, -0.05) is 6.42 Å². The molecule has 0 bridgehead atoms. The summed E-state index contributed by atoms with van der Waals surface area (Å²) in [5.74, 6) is -1.02. The van der Waals surface area contributed by atoms with Crippen molar-refractivity contribution in [3.05, 3.63) is 29.8 Å². The van der Waals surface area contributed by atoms with E-state index in [1.165, 1.54) is 23.9 Å². The van der Waals surface area contributed by atoms with E-state index in [1.54, 1.807) is 0 Å². The van der Waals surface area contributed by atoms with Crippen LogP contribution in [-0.2, 0) is 0 Å². The van der Waals surface area contributed by atoms with E-state index in [1.807, 2.05) is 0 Å². The summed E-state index contributed by atoms with van der Waals surface area (Å²) in [7, 11) is 0. The summed E-state index contributed by atoms with van der Waals surface area (Å²) in [5, 5.41) is 0.268. The Balaban J connectivity index is 2.10. The third-order valence-corrected chi connectivity index (χ3v) is 4.15. The Bertz CT molecular complexity index is 356. The van der Waals surface area contributed by atoms with Crippen LogP contribution in [0.4, 0.5) is 8.78 Å². The molecule has 0 saturated heterocycles. The van der Waals surface area contributed by atoms with Crippen LogP contribution in [0.3, 0.4) is 0 Å². The zero-order valence-corrected chi connectivity index (χ0v) is 9.07. The van der Waals surface area contributed by atoms with Gasteiger partial charge in [-0.3, -0.25) is 0 Å². The quantitative estimate of drug-likeness (QED) is 0.843. The fourth-order valence-corrected chi connectivity index (χ4v) is 3.07. The second-order valence-electron chi connectivity index (χ2n) is 3.83. The highest BCUT2D eigenvalue weighted by molar-refractivity contribution is 8.00. The molecule has 2 unspecified atom stereocenters. The molecule has 0 spiro atoms. The summed E-state index contributed by atoms with van der Waals surface area (Å²) in [6.45, 7) is 0. The van der Waals surface area contributed by atoms with Gasteiger partial charge >= 0.3 is 0 Å². The minimum Gasteiger partial charge on any atom is -0.327 e. The monoisotopic (exact) mass is 229 g/mol. The average molecular weight is 229 g/mol. The van der Waals surface area contributed by atoms with Crippen molar-refractivity contribution in [2.75, 3.05) is 0 Å². The van der Waals surface area contributed by atoms with Crippen LogP contribution in [-0.4, -0.2) is 11.3 Å². The molecule has 2 rings (SSSR count). The number of rotatable bonds is 2. The topological polar surface area (TPSA) is 26.0 Å². The van der Waals surface area contributed by atoms with Gasteiger partial charge < -0.3 is 5.73 Å². The van der Waals surface area contributed by atoms with Crippen LogP contribution in [0.1, 0.15) is 19.3 Å². The standard InChI is InChI=1S/C11H13F2NS/c12-7-4-5-10(8(13)6-7)15-11-3-1-2-9(11)14/h4-6,9,11H,1-3,14H2. The molecule has 1 fully saturated rings. The maximum atomic E-state index is 13.3. The predicted molar refractivity (Wildman–Crippen MR) is 57.8 cm³/mol. The van der Waals surface area contributed by atoms with E-state index in [4.69, 9.17) is 5.73 Å². The number of hydrogen-bond donors (Lipinski definition) is 1. The lowest BCUT2D eigenvalue weighted by Gasteiger charge is -2.14. The Morgan fingerprint density at radius 1 is 1.27 bits per heavy atom. The summed E-state index contributed by atoms with van der Waals surface area (Å²) in [5.41, 5.74) is 5.89. The first kappa shape index (κ1) is 10.9. The van der Waals surface area contributed by atoms with E-state index >= 15 is 0 Å². The highest BCUT2D eigenvalue weighted by Crippen LogP contribution is 2.35. The van der Waals surface area contributed by atoms with Crippen LogP contribution in [0.25, 0.3) is 0 Å². The molecule has 1 saturated carbocycles. The number of halogens is 2. The molecule has 15 heavy (non-hydrogen) atoms. The van der Waals surface area contributed by atoms with Gasteiger partial charge in [0.1, 0.15) is 11.6 Å². The Morgan fingerprint density at radius 3 is 2.67 bits per heavy atom. The van der Waals surface area contributed by atoms with E-state index in [0.29, 0.717) is 4.90 Å². The van der Waals surface area contributed by atoms with E-state index < -0.39 is 11.6 Å². The van der Waals surface area contributed by atoms with Crippen molar-refractivity contribution in [3.63, 3.8) is 0 Å². The molecule has 0 heterocycles. The number of hydrogen-bond acceptors (Lipinski definition) is 2. The first-order valence-corrected chi connectivity index (χ1v) is 5.92. The Labute approximate surface area is 92.0 Å². The maximum absolute atomic E-state index is 13.3. The Kier molecular flexibility index (Phi) is 3.26. The van der Waals surface area contributed by atoms with Crippen LogP contribution in [0.2, 0.25) is 0 Å². The van der Waals surface area contributed by atoms with Crippen LogP contribution < -0.4 is 5.73 Å². The van der Waals surface area contributed by atoms with Gasteiger partial charge in [0.25, 0.3) is 0 Å². The van der Waals surface area contributed by atoms with Crippen LogP contribution in [0.15, 0.2) is 23.1 Å². The fraction of sp³-hybridized carbons (Fsp3) is 0.455. The van der Waals surface area contributed by atoms with Crippen molar-refractivity contribution in [2.45, 2.75) is 35.4 Å². The second-order valence-corrected chi connectivity index (χ2v) is 5.11. The molecule has 0 aliphatic heterocycles. The molecule has 2 N–H and O–H groups in total. The van der Waals surface area contributed by atoms with Crippen LogP contribution >= 0.6 is 11.8 Å². The Morgan fingerprint density at radius 2 is 2.07 bits per heavy atom. The summed E-state index contributed by atoms with van der Waals surface area (Å²) < 4.78 is 26.0. The SMILES string of the molecule is NC1CCCC1Sc1ccc(F)cc1F. The normalized spacial score (nSPS) is 25.8. The average Bonchev–Trinajstić information content (AvgIpc) is 2.57. The summed E-state index contributed by atoms with van der Waals surface area (Å²) in [4.78, 5) is 0.499. The van der Waals surface area contributed by atoms with Gasteiger partial charge in [-0.25, -0.2) is 8.78 Å². The molecular weight excluding hydrogens is 216 g/mol.